The molecule has 8 nitrogen and oxygen atoms in total. The van der Waals surface area contributed by atoms with E-state index < -0.39 is 0 Å². The zero-order valence-electron chi connectivity index (χ0n) is 16.3. The van der Waals surface area contributed by atoms with Crippen molar-refractivity contribution in [1.29, 1.82) is 0 Å². The number of carbonyl (C=O) groups is 2. The summed E-state index contributed by atoms with van der Waals surface area (Å²) in [5, 5.41) is 8.89. The number of carbonyl (C=O) groups excluding carboxylic acids is 2. The number of ketones is 1. The van der Waals surface area contributed by atoms with E-state index in [2.05, 4.69) is 22.9 Å². The zero-order chi connectivity index (χ0) is 19.2. The summed E-state index contributed by atoms with van der Waals surface area (Å²) in [6.07, 6.45) is 1.19. The third-order valence-corrected chi connectivity index (χ3v) is 2.63. The maximum atomic E-state index is 10.9. The van der Waals surface area contributed by atoms with Crippen LogP contribution in [-0.2, 0) is 23.8 Å². The van der Waals surface area contributed by atoms with Gasteiger partial charge in [0, 0.05) is 19.6 Å². The first kappa shape index (κ1) is 26.2. The SMILES string of the molecule is CCCNCCOCCNC.CCNC(=O)COCCOCC(C)=O. The van der Waals surface area contributed by atoms with E-state index in [9.17, 15) is 9.59 Å². The minimum Gasteiger partial charge on any atom is -0.379 e. The minimum absolute atomic E-state index is 0.0197. The predicted molar refractivity (Wildman–Crippen MR) is 98.9 cm³/mol. The summed E-state index contributed by atoms with van der Waals surface area (Å²) in [7, 11) is 1.93. The molecule has 0 spiro atoms. The van der Waals surface area contributed by atoms with Gasteiger partial charge in [-0.25, -0.2) is 0 Å². The molecule has 0 saturated carbocycles. The van der Waals surface area contributed by atoms with E-state index in [0.29, 0.717) is 19.8 Å². The molecule has 0 aromatic carbocycles. The molecule has 25 heavy (non-hydrogen) atoms. The second-order valence-electron chi connectivity index (χ2n) is 5.23. The second-order valence-corrected chi connectivity index (χ2v) is 5.23. The highest BCUT2D eigenvalue weighted by Crippen LogP contribution is 1.80. The fourth-order valence-electron chi connectivity index (χ4n) is 1.47. The molecule has 0 fully saturated rings. The Kier molecular flexibility index (Phi) is 24.0. The van der Waals surface area contributed by atoms with Crippen molar-refractivity contribution in [2.75, 3.05) is 72.9 Å². The van der Waals surface area contributed by atoms with Crippen molar-refractivity contribution < 1.29 is 23.8 Å². The van der Waals surface area contributed by atoms with Crippen LogP contribution in [0.4, 0.5) is 0 Å². The third-order valence-electron chi connectivity index (χ3n) is 2.63. The van der Waals surface area contributed by atoms with Crippen molar-refractivity contribution in [2.24, 2.45) is 0 Å². The fourth-order valence-corrected chi connectivity index (χ4v) is 1.47. The van der Waals surface area contributed by atoms with Crippen molar-refractivity contribution in [3.63, 3.8) is 0 Å². The zero-order valence-corrected chi connectivity index (χ0v) is 16.3. The smallest absolute Gasteiger partial charge is 0.245 e. The molecule has 3 N–H and O–H groups in total. The average molecular weight is 363 g/mol. The summed E-state index contributed by atoms with van der Waals surface area (Å²) in [6.45, 7) is 11.5. The van der Waals surface area contributed by atoms with Crippen LogP contribution in [0.2, 0.25) is 0 Å². The first-order valence-corrected chi connectivity index (χ1v) is 8.93. The van der Waals surface area contributed by atoms with E-state index in [1.807, 2.05) is 14.0 Å². The van der Waals surface area contributed by atoms with E-state index in [1.54, 1.807) is 0 Å². The Morgan fingerprint density at radius 3 is 2.04 bits per heavy atom. The molecule has 8 heteroatoms. The lowest BCUT2D eigenvalue weighted by atomic mass is 10.5. The van der Waals surface area contributed by atoms with Gasteiger partial charge < -0.3 is 30.2 Å². The normalized spacial score (nSPS) is 10.1. The summed E-state index contributed by atoms with van der Waals surface area (Å²) in [6, 6.07) is 0. The highest BCUT2D eigenvalue weighted by molar-refractivity contribution is 5.77. The number of likely N-dealkylation sites (N-methyl/N-ethyl adjacent to an activating group) is 2. The fraction of sp³-hybridized carbons (Fsp3) is 0.882. The molecule has 0 aliphatic rings. The van der Waals surface area contributed by atoms with Crippen LogP contribution in [0.25, 0.3) is 0 Å². The number of Topliss-reactive ketones (excluding diaryl/α,β-unsaturated/α-hetero) is 1. The molecule has 0 atom stereocenters. The predicted octanol–water partition coefficient (Wildman–Crippen LogP) is -0.0333. The number of rotatable bonds is 16. The van der Waals surface area contributed by atoms with E-state index in [4.69, 9.17) is 14.2 Å². The molecule has 0 radical (unpaired) electrons. The van der Waals surface area contributed by atoms with Crippen LogP contribution in [-0.4, -0.2) is 84.6 Å². The summed E-state index contributed by atoms with van der Waals surface area (Å²) in [5.74, 6) is -0.159. The Bertz CT molecular complexity index is 296. The molecule has 0 unspecified atom stereocenters. The topological polar surface area (TPSA) is 97.9 Å². The maximum Gasteiger partial charge on any atom is 0.245 e. The summed E-state index contributed by atoms with van der Waals surface area (Å²) in [4.78, 5) is 21.3. The van der Waals surface area contributed by atoms with E-state index >= 15 is 0 Å². The number of hydrogen-bond acceptors (Lipinski definition) is 7. The van der Waals surface area contributed by atoms with Gasteiger partial charge in [-0.2, -0.15) is 0 Å². The van der Waals surface area contributed by atoms with Crippen LogP contribution in [0.5, 0.6) is 0 Å². The van der Waals surface area contributed by atoms with Gasteiger partial charge >= 0.3 is 0 Å². The van der Waals surface area contributed by atoms with Crippen molar-refractivity contribution in [3.8, 4) is 0 Å². The number of nitrogens with one attached hydrogen (secondary N) is 3. The molecule has 0 bridgehead atoms. The number of hydrogen-bond donors (Lipinski definition) is 3. The molecule has 0 aliphatic carbocycles. The lowest BCUT2D eigenvalue weighted by molar-refractivity contribution is -0.127. The molecule has 150 valence electrons. The summed E-state index contributed by atoms with van der Waals surface area (Å²) >= 11 is 0. The minimum atomic E-state index is -0.140. The van der Waals surface area contributed by atoms with Gasteiger partial charge in [-0.3, -0.25) is 9.59 Å². The molecule has 0 heterocycles. The van der Waals surface area contributed by atoms with E-state index in [1.165, 1.54) is 13.3 Å². The molecule has 1 amide bonds. The lowest BCUT2D eigenvalue weighted by Gasteiger charge is -2.04. The quantitative estimate of drug-likeness (QED) is 0.331. The number of ether oxygens (including phenoxy) is 3. The molecular formula is C17H37N3O5. The molecule has 0 saturated heterocycles. The third kappa shape index (κ3) is 28.0. The van der Waals surface area contributed by atoms with Crippen molar-refractivity contribution in [2.45, 2.75) is 27.2 Å². The molecule has 0 rings (SSSR count). The van der Waals surface area contributed by atoms with E-state index in [-0.39, 0.29) is 24.9 Å². The Labute approximate surface area is 152 Å². The van der Waals surface area contributed by atoms with Crippen LogP contribution in [0.1, 0.15) is 27.2 Å². The standard InChI is InChI=1S/C9H17NO4.C8H20N2O/c1-3-10-9(12)7-14-5-4-13-6-8(2)11;1-3-4-10-6-8-11-7-5-9-2/h3-7H2,1-2H3,(H,10,12);9-10H,3-8H2,1-2H3. The monoisotopic (exact) mass is 363 g/mol. The average Bonchev–Trinajstić information content (AvgIpc) is 2.58. The van der Waals surface area contributed by atoms with Crippen LogP contribution in [0.3, 0.4) is 0 Å². The van der Waals surface area contributed by atoms with Gasteiger partial charge in [0.05, 0.1) is 26.4 Å². The van der Waals surface area contributed by atoms with Gasteiger partial charge in [0.25, 0.3) is 0 Å². The highest BCUT2D eigenvalue weighted by Gasteiger charge is 1.98. The first-order valence-electron chi connectivity index (χ1n) is 8.93. The van der Waals surface area contributed by atoms with Crippen LogP contribution < -0.4 is 16.0 Å². The Morgan fingerprint density at radius 2 is 1.48 bits per heavy atom. The molecule has 0 aromatic heterocycles. The van der Waals surface area contributed by atoms with Gasteiger partial charge in [-0.15, -0.1) is 0 Å². The van der Waals surface area contributed by atoms with Crippen LogP contribution >= 0.6 is 0 Å². The summed E-state index contributed by atoms with van der Waals surface area (Å²) in [5.41, 5.74) is 0. The Balaban J connectivity index is 0. The first-order chi connectivity index (χ1) is 12.1. The van der Waals surface area contributed by atoms with Crippen molar-refractivity contribution in [1.82, 2.24) is 16.0 Å². The van der Waals surface area contributed by atoms with Crippen molar-refractivity contribution in [3.05, 3.63) is 0 Å². The van der Waals surface area contributed by atoms with Crippen molar-refractivity contribution >= 4 is 11.7 Å². The summed E-state index contributed by atoms with van der Waals surface area (Å²) < 4.78 is 15.2. The largest absolute Gasteiger partial charge is 0.379 e. The Hall–Kier alpha value is -1.06. The van der Waals surface area contributed by atoms with Gasteiger partial charge in [0.2, 0.25) is 5.91 Å². The highest BCUT2D eigenvalue weighted by atomic mass is 16.5. The lowest BCUT2D eigenvalue weighted by Crippen LogP contribution is -2.27. The molecular weight excluding hydrogens is 326 g/mol. The van der Waals surface area contributed by atoms with Crippen LogP contribution in [0.15, 0.2) is 0 Å². The van der Waals surface area contributed by atoms with E-state index in [0.717, 1.165) is 32.8 Å². The Morgan fingerprint density at radius 1 is 0.840 bits per heavy atom. The van der Waals surface area contributed by atoms with Crippen LogP contribution in [0, 0.1) is 0 Å². The molecule has 0 aromatic rings. The number of amides is 1. The van der Waals surface area contributed by atoms with Gasteiger partial charge in [0.15, 0.2) is 5.78 Å². The van der Waals surface area contributed by atoms with Gasteiger partial charge in [0.1, 0.15) is 13.2 Å². The maximum absolute atomic E-state index is 10.9. The molecule has 0 aliphatic heterocycles. The second kappa shape index (κ2) is 22.9. The van der Waals surface area contributed by atoms with Gasteiger partial charge in [-0.05, 0) is 33.9 Å². The van der Waals surface area contributed by atoms with Gasteiger partial charge in [-0.1, -0.05) is 6.92 Å².